The molecule has 0 aliphatic rings. The first-order valence-electron chi connectivity index (χ1n) is 6.22. The van der Waals surface area contributed by atoms with Crippen molar-refractivity contribution in [2.45, 2.75) is 39.3 Å². The molecule has 4 heteroatoms. The Morgan fingerprint density at radius 3 is 2.50 bits per heavy atom. The summed E-state index contributed by atoms with van der Waals surface area (Å²) in [7, 11) is 0. The first kappa shape index (κ1) is 14.6. The summed E-state index contributed by atoms with van der Waals surface area (Å²) in [6, 6.07) is 5.49. The van der Waals surface area contributed by atoms with E-state index in [4.69, 9.17) is 5.73 Å². The van der Waals surface area contributed by atoms with Crippen LogP contribution < -0.4 is 11.1 Å². The number of benzene rings is 1. The van der Waals surface area contributed by atoms with Crippen molar-refractivity contribution < 1.29 is 9.18 Å². The quantitative estimate of drug-likeness (QED) is 0.845. The molecule has 2 atom stereocenters. The molecule has 100 valence electrons. The lowest BCUT2D eigenvalue weighted by Crippen LogP contribution is -2.42. The van der Waals surface area contributed by atoms with E-state index in [1.807, 2.05) is 13.8 Å². The fourth-order valence-electron chi connectivity index (χ4n) is 1.84. The van der Waals surface area contributed by atoms with Gasteiger partial charge in [-0.2, -0.15) is 0 Å². The summed E-state index contributed by atoms with van der Waals surface area (Å²) < 4.78 is 13.5. The van der Waals surface area contributed by atoms with Crippen LogP contribution in [0.15, 0.2) is 24.3 Å². The van der Waals surface area contributed by atoms with E-state index in [1.54, 1.807) is 25.1 Å². The summed E-state index contributed by atoms with van der Waals surface area (Å²) in [5.41, 5.74) is 6.25. The Kier molecular flexibility index (Phi) is 5.28. The predicted molar refractivity (Wildman–Crippen MR) is 70.4 cm³/mol. The molecule has 1 aromatic rings. The third-order valence-corrected chi connectivity index (χ3v) is 2.79. The predicted octanol–water partition coefficient (Wildman–Crippen LogP) is 2.38. The largest absolute Gasteiger partial charge is 0.348 e. The average Bonchev–Trinajstić information content (AvgIpc) is 2.28. The fourth-order valence-corrected chi connectivity index (χ4v) is 1.84. The number of amides is 1. The van der Waals surface area contributed by atoms with Gasteiger partial charge in [-0.3, -0.25) is 4.79 Å². The molecule has 0 unspecified atom stereocenters. The minimum Gasteiger partial charge on any atom is -0.348 e. The van der Waals surface area contributed by atoms with Gasteiger partial charge in [-0.1, -0.05) is 32.0 Å². The van der Waals surface area contributed by atoms with Crippen LogP contribution in [-0.2, 0) is 4.79 Å². The molecule has 18 heavy (non-hydrogen) atoms. The van der Waals surface area contributed by atoms with Crippen molar-refractivity contribution in [3.8, 4) is 0 Å². The highest BCUT2D eigenvalue weighted by Crippen LogP contribution is 2.16. The zero-order valence-electron chi connectivity index (χ0n) is 11.1. The number of carbonyl (C=O) groups excluding carboxylic acids is 1. The summed E-state index contributed by atoms with van der Waals surface area (Å²) in [6.07, 6.45) is 0.621. The van der Waals surface area contributed by atoms with Crippen LogP contribution in [0, 0.1) is 11.7 Å². The van der Waals surface area contributed by atoms with E-state index in [1.165, 1.54) is 6.07 Å². The van der Waals surface area contributed by atoms with Crippen molar-refractivity contribution in [1.29, 1.82) is 0 Å². The van der Waals surface area contributed by atoms with Gasteiger partial charge in [0.2, 0.25) is 5.91 Å². The smallest absolute Gasteiger partial charge is 0.237 e. The zero-order chi connectivity index (χ0) is 13.7. The van der Waals surface area contributed by atoms with Gasteiger partial charge in [0, 0.05) is 5.56 Å². The topological polar surface area (TPSA) is 55.1 Å². The van der Waals surface area contributed by atoms with Gasteiger partial charge in [0.25, 0.3) is 0 Å². The molecule has 0 aliphatic heterocycles. The van der Waals surface area contributed by atoms with Gasteiger partial charge in [-0.05, 0) is 25.3 Å². The second-order valence-corrected chi connectivity index (χ2v) is 4.99. The molecule has 0 aromatic heterocycles. The summed E-state index contributed by atoms with van der Waals surface area (Å²) >= 11 is 0. The van der Waals surface area contributed by atoms with Crippen molar-refractivity contribution in [2.24, 2.45) is 11.7 Å². The van der Waals surface area contributed by atoms with E-state index in [2.05, 4.69) is 5.32 Å². The standard InChI is InChI=1S/C14H21FN2O/c1-9(2)8-13(16)14(18)17-10(3)11-6-4-5-7-12(11)15/h4-7,9-10,13H,8,16H2,1-3H3,(H,17,18)/t10-,13-/m0/s1. The second-order valence-electron chi connectivity index (χ2n) is 4.99. The van der Waals surface area contributed by atoms with Crippen LogP contribution in [0.1, 0.15) is 38.8 Å². The second kappa shape index (κ2) is 6.50. The van der Waals surface area contributed by atoms with Gasteiger partial charge in [-0.25, -0.2) is 4.39 Å². The average molecular weight is 252 g/mol. The Morgan fingerprint density at radius 1 is 1.33 bits per heavy atom. The molecule has 1 amide bonds. The molecule has 0 saturated heterocycles. The molecular weight excluding hydrogens is 231 g/mol. The normalized spacial score (nSPS) is 14.3. The molecule has 0 radical (unpaired) electrons. The Hall–Kier alpha value is -1.42. The van der Waals surface area contributed by atoms with Crippen molar-refractivity contribution in [2.75, 3.05) is 0 Å². The van der Waals surface area contributed by atoms with Crippen molar-refractivity contribution >= 4 is 5.91 Å². The highest BCUT2D eigenvalue weighted by atomic mass is 19.1. The number of carbonyl (C=O) groups is 1. The van der Waals surface area contributed by atoms with E-state index in [0.717, 1.165) is 0 Å². The molecule has 0 spiro atoms. The fraction of sp³-hybridized carbons (Fsp3) is 0.500. The molecule has 0 bridgehead atoms. The SMILES string of the molecule is CC(C)C[C@H](N)C(=O)N[C@@H](C)c1ccccc1F. The van der Waals surface area contributed by atoms with Gasteiger partial charge in [0.1, 0.15) is 5.82 Å². The van der Waals surface area contributed by atoms with Crippen LogP contribution in [0.25, 0.3) is 0 Å². The third-order valence-electron chi connectivity index (χ3n) is 2.79. The molecular formula is C14H21FN2O. The van der Waals surface area contributed by atoms with Gasteiger partial charge >= 0.3 is 0 Å². The lowest BCUT2D eigenvalue weighted by molar-refractivity contribution is -0.123. The number of hydrogen-bond acceptors (Lipinski definition) is 2. The number of halogens is 1. The van der Waals surface area contributed by atoms with E-state index in [9.17, 15) is 9.18 Å². The van der Waals surface area contributed by atoms with Crippen LogP contribution in [0.5, 0.6) is 0 Å². The lowest BCUT2D eigenvalue weighted by Gasteiger charge is -2.19. The van der Waals surface area contributed by atoms with Crippen molar-refractivity contribution in [3.63, 3.8) is 0 Å². The first-order valence-corrected chi connectivity index (χ1v) is 6.22. The van der Waals surface area contributed by atoms with Crippen molar-refractivity contribution in [1.82, 2.24) is 5.32 Å². The molecule has 1 rings (SSSR count). The van der Waals surface area contributed by atoms with E-state index >= 15 is 0 Å². The molecule has 0 fully saturated rings. The van der Waals surface area contributed by atoms with Gasteiger partial charge in [-0.15, -0.1) is 0 Å². The Morgan fingerprint density at radius 2 is 1.94 bits per heavy atom. The molecule has 0 aliphatic carbocycles. The molecule has 3 nitrogen and oxygen atoms in total. The van der Waals surface area contributed by atoms with Crippen LogP contribution in [-0.4, -0.2) is 11.9 Å². The van der Waals surface area contributed by atoms with E-state index in [-0.39, 0.29) is 17.8 Å². The van der Waals surface area contributed by atoms with Gasteiger partial charge in [0.15, 0.2) is 0 Å². The first-order chi connectivity index (χ1) is 8.41. The van der Waals surface area contributed by atoms with Gasteiger partial charge < -0.3 is 11.1 Å². The lowest BCUT2D eigenvalue weighted by atomic mass is 10.0. The molecule has 3 N–H and O–H groups in total. The van der Waals surface area contributed by atoms with E-state index in [0.29, 0.717) is 17.9 Å². The maximum atomic E-state index is 13.5. The molecule has 0 heterocycles. The number of nitrogens with one attached hydrogen (secondary N) is 1. The van der Waals surface area contributed by atoms with Crippen LogP contribution in [0.4, 0.5) is 4.39 Å². The van der Waals surface area contributed by atoms with Crippen LogP contribution >= 0.6 is 0 Å². The highest BCUT2D eigenvalue weighted by Gasteiger charge is 2.18. The van der Waals surface area contributed by atoms with Gasteiger partial charge in [0.05, 0.1) is 12.1 Å². The van der Waals surface area contributed by atoms with E-state index < -0.39 is 6.04 Å². The molecule has 0 saturated carbocycles. The minimum absolute atomic E-state index is 0.237. The number of rotatable bonds is 5. The Labute approximate surface area is 108 Å². The zero-order valence-corrected chi connectivity index (χ0v) is 11.1. The number of nitrogens with two attached hydrogens (primary N) is 1. The van der Waals surface area contributed by atoms with Crippen molar-refractivity contribution in [3.05, 3.63) is 35.6 Å². The summed E-state index contributed by atoms with van der Waals surface area (Å²) in [6.45, 7) is 5.76. The Balaban J connectivity index is 2.62. The monoisotopic (exact) mass is 252 g/mol. The maximum Gasteiger partial charge on any atom is 0.237 e. The van der Waals surface area contributed by atoms with Crippen LogP contribution in [0.2, 0.25) is 0 Å². The third kappa shape index (κ3) is 4.11. The summed E-state index contributed by atoms with van der Waals surface area (Å²) in [5.74, 6) is -0.197. The molecule has 1 aromatic carbocycles. The highest BCUT2D eigenvalue weighted by molar-refractivity contribution is 5.81. The summed E-state index contributed by atoms with van der Waals surface area (Å²) in [4.78, 5) is 11.8. The minimum atomic E-state index is -0.542. The Bertz CT molecular complexity index is 407. The maximum absolute atomic E-state index is 13.5. The van der Waals surface area contributed by atoms with Crippen LogP contribution in [0.3, 0.4) is 0 Å². The number of hydrogen-bond donors (Lipinski definition) is 2. The summed E-state index contributed by atoms with van der Waals surface area (Å²) in [5, 5.41) is 2.74.